The molecule has 2 atom stereocenters. The lowest BCUT2D eigenvalue weighted by atomic mass is 9.89. The van der Waals surface area contributed by atoms with E-state index >= 15 is 0 Å². The Balaban J connectivity index is 2.29. The highest BCUT2D eigenvalue weighted by Crippen LogP contribution is 2.21. The van der Waals surface area contributed by atoms with Crippen LogP contribution >= 0.6 is 0 Å². The van der Waals surface area contributed by atoms with Crippen molar-refractivity contribution in [3.05, 3.63) is 0 Å². The first-order chi connectivity index (χ1) is 7.44. The Kier molecular flexibility index (Phi) is 4.74. The van der Waals surface area contributed by atoms with Crippen LogP contribution in [0.15, 0.2) is 0 Å². The van der Waals surface area contributed by atoms with E-state index in [1.165, 1.54) is 0 Å². The number of aliphatic hydroxyl groups is 1. The Bertz CT molecular complexity index is 240. The molecule has 1 fully saturated rings. The zero-order valence-electron chi connectivity index (χ0n) is 10.5. The molecule has 4 nitrogen and oxygen atoms in total. The first-order valence-electron chi connectivity index (χ1n) is 5.95. The molecule has 0 bridgehead atoms. The minimum Gasteiger partial charge on any atom is -0.396 e. The van der Waals surface area contributed by atoms with Crippen LogP contribution in [0.4, 0.5) is 0 Å². The summed E-state index contributed by atoms with van der Waals surface area (Å²) in [5, 5.41) is 11.8. The molecule has 0 radical (unpaired) electrons. The molecule has 94 valence electrons. The van der Waals surface area contributed by atoms with Crippen LogP contribution in [-0.4, -0.2) is 36.9 Å². The maximum Gasteiger partial charge on any atom is 0.225 e. The number of nitrogens with one attached hydrogen (secondary N) is 1. The summed E-state index contributed by atoms with van der Waals surface area (Å²) >= 11 is 0. The molecule has 1 amide bonds. The van der Waals surface area contributed by atoms with Gasteiger partial charge in [0.25, 0.3) is 0 Å². The standard InChI is InChI=1S/C12H23NO3/c1-9-6-10(7-16-9)11(15)13-8-12(2,3)4-5-14/h9-10,14H,4-8H2,1-3H3,(H,13,15). The maximum atomic E-state index is 11.8. The molecule has 0 saturated carbocycles. The van der Waals surface area contributed by atoms with Crippen molar-refractivity contribution in [3.63, 3.8) is 0 Å². The van der Waals surface area contributed by atoms with E-state index < -0.39 is 0 Å². The van der Waals surface area contributed by atoms with E-state index in [0.29, 0.717) is 19.6 Å². The van der Waals surface area contributed by atoms with Crippen LogP contribution in [0.25, 0.3) is 0 Å². The summed E-state index contributed by atoms with van der Waals surface area (Å²) < 4.78 is 5.37. The molecule has 0 aromatic rings. The smallest absolute Gasteiger partial charge is 0.225 e. The molecule has 0 aromatic heterocycles. The fourth-order valence-electron chi connectivity index (χ4n) is 1.86. The molecule has 1 heterocycles. The van der Waals surface area contributed by atoms with Crippen molar-refractivity contribution in [2.45, 2.75) is 39.7 Å². The van der Waals surface area contributed by atoms with Crippen LogP contribution < -0.4 is 5.32 Å². The number of carbonyl (C=O) groups is 1. The lowest BCUT2D eigenvalue weighted by molar-refractivity contribution is -0.125. The topological polar surface area (TPSA) is 58.6 Å². The fourth-order valence-corrected chi connectivity index (χ4v) is 1.86. The highest BCUT2D eigenvalue weighted by atomic mass is 16.5. The van der Waals surface area contributed by atoms with Crippen LogP contribution in [0.1, 0.15) is 33.6 Å². The van der Waals surface area contributed by atoms with E-state index in [1.54, 1.807) is 0 Å². The van der Waals surface area contributed by atoms with Crippen molar-refractivity contribution in [2.24, 2.45) is 11.3 Å². The van der Waals surface area contributed by atoms with Gasteiger partial charge in [0.15, 0.2) is 0 Å². The van der Waals surface area contributed by atoms with Gasteiger partial charge in [-0.2, -0.15) is 0 Å². The van der Waals surface area contributed by atoms with E-state index in [1.807, 2.05) is 20.8 Å². The van der Waals surface area contributed by atoms with Gasteiger partial charge in [0.05, 0.1) is 18.6 Å². The first kappa shape index (κ1) is 13.5. The van der Waals surface area contributed by atoms with E-state index in [0.717, 1.165) is 6.42 Å². The number of amides is 1. The number of hydrogen-bond acceptors (Lipinski definition) is 3. The highest BCUT2D eigenvalue weighted by Gasteiger charge is 2.29. The summed E-state index contributed by atoms with van der Waals surface area (Å²) in [4.78, 5) is 11.8. The molecule has 1 rings (SSSR count). The Hall–Kier alpha value is -0.610. The molecule has 4 heteroatoms. The zero-order chi connectivity index (χ0) is 12.2. The monoisotopic (exact) mass is 229 g/mol. The molecular formula is C12H23NO3. The lowest BCUT2D eigenvalue weighted by Gasteiger charge is -2.24. The maximum absolute atomic E-state index is 11.8. The van der Waals surface area contributed by atoms with Crippen molar-refractivity contribution in [1.29, 1.82) is 0 Å². The second-order valence-electron chi connectivity index (χ2n) is 5.43. The van der Waals surface area contributed by atoms with Gasteiger partial charge in [-0.05, 0) is 25.2 Å². The van der Waals surface area contributed by atoms with Crippen molar-refractivity contribution >= 4 is 5.91 Å². The van der Waals surface area contributed by atoms with Gasteiger partial charge in [-0.3, -0.25) is 4.79 Å². The van der Waals surface area contributed by atoms with Crippen molar-refractivity contribution in [3.8, 4) is 0 Å². The Morgan fingerprint density at radius 1 is 1.56 bits per heavy atom. The van der Waals surface area contributed by atoms with Crippen molar-refractivity contribution < 1.29 is 14.6 Å². The molecule has 2 unspecified atom stereocenters. The van der Waals surface area contributed by atoms with Crippen LogP contribution in [0.2, 0.25) is 0 Å². The van der Waals surface area contributed by atoms with Gasteiger partial charge >= 0.3 is 0 Å². The second-order valence-corrected chi connectivity index (χ2v) is 5.43. The number of carbonyl (C=O) groups excluding carboxylic acids is 1. The normalized spacial score (nSPS) is 25.8. The predicted octanol–water partition coefficient (Wildman–Crippen LogP) is 0.936. The average Bonchev–Trinajstić information content (AvgIpc) is 2.61. The third kappa shape index (κ3) is 4.10. The molecule has 1 aliphatic heterocycles. The van der Waals surface area contributed by atoms with Crippen LogP contribution in [-0.2, 0) is 9.53 Å². The van der Waals surface area contributed by atoms with E-state index in [2.05, 4.69) is 5.32 Å². The molecule has 2 N–H and O–H groups in total. The fraction of sp³-hybridized carbons (Fsp3) is 0.917. The average molecular weight is 229 g/mol. The summed E-state index contributed by atoms with van der Waals surface area (Å²) in [6.45, 7) is 7.37. The minimum absolute atomic E-state index is 0.0000680. The van der Waals surface area contributed by atoms with Crippen LogP contribution in [0.3, 0.4) is 0 Å². The molecule has 0 aliphatic carbocycles. The van der Waals surface area contributed by atoms with Crippen LogP contribution in [0, 0.1) is 11.3 Å². The quantitative estimate of drug-likeness (QED) is 0.737. The Morgan fingerprint density at radius 2 is 2.25 bits per heavy atom. The summed E-state index contributed by atoms with van der Waals surface area (Å²) in [6.07, 6.45) is 1.71. The van der Waals surface area contributed by atoms with Gasteiger partial charge < -0.3 is 15.2 Å². The largest absolute Gasteiger partial charge is 0.396 e. The molecule has 1 saturated heterocycles. The van der Waals surface area contributed by atoms with E-state index in [4.69, 9.17) is 9.84 Å². The number of aliphatic hydroxyl groups excluding tert-OH is 1. The molecule has 16 heavy (non-hydrogen) atoms. The summed E-state index contributed by atoms with van der Waals surface area (Å²) in [5.41, 5.74) is -0.0461. The van der Waals surface area contributed by atoms with E-state index in [9.17, 15) is 4.79 Å². The summed E-state index contributed by atoms with van der Waals surface area (Å²) in [6, 6.07) is 0. The third-order valence-electron chi connectivity index (χ3n) is 3.10. The summed E-state index contributed by atoms with van der Waals surface area (Å²) in [5.74, 6) is 0.0790. The van der Waals surface area contributed by atoms with Crippen LogP contribution in [0.5, 0.6) is 0 Å². The third-order valence-corrected chi connectivity index (χ3v) is 3.10. The lowest BCUT2D eigenvalue weighted by Crippen LogP contribution is -2.38. The Labute approximate surface area is 97.4 Å². The SMILES string of the molecule is CC1CC(C(=O)NCC(C)(C)CCO)CO1. The van der Waals surface area contributed by atoms with Gasteiger partial charge in [0.1, 0.15) is 0 Å². The minimum atomic E-state index is -0.0461. The van der Waals surface area contributed by atoms with Gasteiger partial charge in [-0.15, -0.1) is 0 Å². The predicted molar refractivity (Wildman–Crippen MR) is 62.0 cm³/mol. The number of rotatable bonds is 5. The molecule has 0 aromatic carbocycles. The van der Waals surface area contributed by atoms with Crippen molar-refractivity contribution in [1.82, 2.24) is 5.32 Å². The van der Waals surface area contributed by atoms with Gasteiger partial charge in [0.2, 0.25) is 5.91 Å². The highest BCUT2D eigenvalue weighted by molar-refractivity contribution is 5.79. The van der Waals surface area contributed by atoms with Gasteiger partial charge in [0, 0.05) is 13.2 Å². The van der Waals surface area contributed by atoms with Crippen molar-refractivity contribution in [2.75, 3.05) is 19.8 Å². The number of hydrogen-bond donors (Lipinski definition) is 2. The van der Waals surface area contributed by atoms with Gasteiger partial charge in [-0.1, -0.05) is 13.8 Å². The molecule has 1 aliphatic rings. The Morgan fingerprint density at radius 3 is 2.75 bits per heavy atom. The second kappa shape index (κ2) is 5.64. The van der Waals surface area contributed by atoms with E-state index in [-0.39, 0.29) is 30.0 Å². The molecule has 0 spiro atoms. The first-order valence-corrected chi connectivity index (χ1v) is 5.95. The molecular weight excluding hydrogens is 206 g/mol. The zero-order valence-corrected chi connectivity index (χ0v) is 10.5. The summed E-state index contributed by atoms with van der Waals surface area (Å²) in [7, 11) is 0. The van der Waals surface area contributed by atoms with Gasteiger partial charge in [-0.25, -0.2) is 0 Å². The number of ether oxygens (including phenoxy) is 1.